The van der Waals surface area contributed by atoms with Crippen molar-refractivity contribution in [1.29, 1.82) is 0 Å². The third kappa shape index (κ3) is 5.55. The molecule has 0 amide bonds. The van der Waals surface area contributed by atoms with Crippen molar-refractivity contribution in [2.24, 2.45) is 0 Å². The third-order valence-electron chi connectivity index (χ3n) is 14.0. The zero-order chi connectivity index (χ0) is 43.3. The standard InChI is InChI=1S/C64H40N2/c1-3-15-45-39-51(31-25-41(45)13-1)65(63-53-21-9-5-17-47(53)37-48-18-6-10-22-54(48)63)59-35-29-43-28-34-58-60(36-30-44-27-33-57(59)61(43)62(44)58)66(52-32-26-42-14-2-4-16-46(42)40-52)64-55-23-11-7-19-49(55)38-50-20-8-12-24-56(50)64/h1-40H. The van der Waals surface area contributed by atoms with Crippen molar-refractivity contribution in [3.63, 3.8) is 0 Å². The van der Waals surface area contributed by atoms with E-state index in [1.807, 2.05) is 0 Å². The van der Waals surface area contributed by atoms with Gasteiger partial charge in [-0.15, -0.1) is 0 Å². The maximum absolute atomic E-state index is 2.54. The molecule has 0 N–H and O–H groups in total. The van der Waals surface area contributed by atoms with Gasteiger partial charge in [-0.3, -0.25) is 0 Å². The molecule has 306 valence electrons. The summed E-state index contributed by atoms with van der Waals surface area (Å²) < 4.78 is 0. The van der Waals surface area contributed by atoms with Crippen LogP contribution in [0.3, 0.4) is 0 Å². The highest BCUT2D eigenvalue weighted by Gasteiger charge is 2.26. The van der Waals surface area contributed by atoms with E-state index in [-0.39, 0.29) is 0 Å². The molecule has 14 aromatic rings. The summed E-state index contributed by atoms with van der Waals surface area (Å²) in [6, 6.07) is 90.1. The number of nitrogens with zero attached hydrogens (tertiary/aromatic N) is 2. The second-order valence-electron chi connectivity index (χ2n) is 17.7. The summed E-state index contributed by atoms with van der Waals surface area (Å²) in [5, 5.41) is 22.0. The summed E-state index contributed by atoms with van der Waals surface area (Å²) in [4.78, 5) is 5.07. The zero-order valence-electron chi connectivity index (χ0n) is 36.0. The van der Waals surface area contributed by atoms with E-state index in [4.69, 9.17) is 0 Å². The molecule has 2 heteroatoms. The number of anilines is 6. The highest BCUT2D eigenvalue weighted by atomic mass is 15.2. The number of hydrogen-bond acceptors (Lipinski definition) is 2. The molecule has 0 aromatic heterocycles. The van der Waals surface area contributed by atoms with E-state index in [9.17, 15) is 0 Å². The SMILES string of the molecule is c1ccc2cc(N(c3c4ccccc4cc4ccccc34)c3ccc4ccc5c(N(c6ccc7ccccc7c6)c6c7ccccc7cc7ccccc67)ccc6ccc3c4c65)ccc2c1. The molecular formula is C64H40N2. The summed E-state index contributed by atoms with van der Waals surface area (Å²) >= 11 is 0. The van der Waals surface area contributed by atoms with E-state index in [0.29, 0.717) is 0 Å². The van der Waals surface area contributed by atoms with Crippen LogP contribution in [-0.4, -0.2) is 0 Å². The average molecular weight is 837 g/mol. The molecule has 14 rings (SSSR count). The quantitative estimate of drug-likeness (QED) is 0.122. The molecule has 0 spiro atoms. The van der Waals surface area contributed by atoms with Gasteiger partial charge in [-0.1, -0.05) is 194 Å². The highest BCUT2D eigenvalue weighted by Crippen LogP contribution is 2.52. The first-order chi connectivity index (χ1) is 32.7. The van der Waals surface area contributed by atoms with Gasteiger partial charge in [0.1, 0.15) is 0 Å². The van der Waals surface area contributed by atoms with E-state index in [1.54, 1.807) is 0 Å². The topological polar surface area (TPSA) is 6.48 Å². The van der Waals surface area contributed by atoms with Crippen molar-refractivity contribution >= 4 is 131 Å². The lowest BCUT2D eigenvalue weighted by atomic mass is 9.91. The van der Waals surface area contributed by atoms with Crippen molar-refractivity contribution in [3.8, 4) is 0 Å². The van der Waals surface area contributed by atoms with Gasteiger partial charge in [-0.05, 0) is 113 Å². The molecule has 66 heavy (non-hydrogen) atoms. The van der Waals surface area contributed by atoms with Crippen molar-refractivity contribution in [3.05, 3.63) is 243 Å². The molecule has 0 bridgehead atoms. The Morgan fingerprint density at radius 3 is 0.879 bits per heavy atom. The van der Waals surface area contributed by atoms with Crippen LogP contribution in [0, 0.1) is 0 Å². The van der Waals surface area contributed by atoms with Crippen LogP contribution in [0.15, 0.2) is 243 Å². The van der Waals surface area contributed by atoms with Crippen LogP contribution in [0.2, 0.25) is 0 Å². The van der Waals surface area contributed by atoms with Crippen LogP contribution in [0.5, 0.6) is 0 Å². The Morgan fingerprint density at radius 1 is 0.197 bits per heavy atom. The zero-order valence-corrected chi connectivity index (χ0v) is 36.0. The van der Waals surface area contributed by atoms with Gasteiger partial charge in [0.15, 0.2) is 0 Å². The predicted octanol–water partition coefficient (Wildman–Crippen LogP) is 18.4. The minimum Gasteiger partial charge on any atom is -0.309 e. The van der Waals surface area contributed by atoms with Gasteiger partial charge in [0, 0.05) is 43.7 Å². The summed E-state index contributed by atoms with van der Waals surface area (Å²) in [7, 11) is 0. The summed E-state index contributed by atoms with van der Waals surface area (Å²) in [6.45, 7) is 0. The summed E-state index contributed by atoms with van der Waals surface area (Å²) in [5.74, 6) is 0. The fourth-order valence-electron chi connectivity index (χ4n) is 11.0. The van der Waals surface area contributed by atoms with Crippen LogP contribution in [-0.2, 0) is 0 Å². The van der Waals surface area contributed by atoms with Crippen molar-refractivity contribution in [1.82, 2.24) is 0 Å². The van der Waals surface area contributed by atoms with Crippen LogP contribution in [0.25, 0.3) is 97.0 Å². The molecular weight excluding hydrogens is 797 g/mol. The first kappa shape index (κ1) is 36.7. The molecule has 14 aromatic carbocycles. The van der Waals surface area contributed by atoms with Crippen LogP contribution in [0.1, 0.15) is 0 Å². The minimum absolute atomic E-state index is 1.12. The van der Waals surface area contributed by atoms with Crippen LogP contribution >= 0.6 is 0 Å². The van der Waals surface area contributed by atoms with Gasteiger partial charge in [-0.2, -0.15) is 0 Å². The van der Waals surface area contributed by atoms with Gasteiger partial charge >= 0.3 is 0 Å². The summed E-state index contributed by atoms with van der Waals surface area (Å²) in [5.41, 5.74) is 6.89. The van der Waals surface area contributed by atoms with Crippen molar-refractivity contribution in [2.45, 2.75) is 0 Å². The molecule has 2 nitrogen and oxygen atoms in total. The molecule has 0 saturated heterocycles. The Bertz CT molecular complexity index is 3880. The smallest absolute Gasteiger partial charge is 0.0618 e. The van der Waals surface area contributed by atoms with Gasteiger partial charge in [0.2, 0.25) is 0 Å². The maximum Gasteiger partial charge on any atom is 0.0618 e. The molecule has 0 aliphatic heterocycles. The number of rotatable bonds is 6. The van der Waals surface area contributed by atoms with Gasteiger partial charge in [0.25, 0.3) is 0 Å². The monoisotopic (exact) mass is 836 g/mol. The fraction of sp³-hybridized carbons (Fsp3) is 0. The van der Waals surface area contributed by atoms with Gasteiger partial charge in [-0.25, -0.2) is 0 Å². The lowest BCUT2D eigenvalue weighted by Gasteiger charge is -2.31. The summed E-state index contributed by atoms with van der Waals surface area (Å²) in [6.07, 6.45) is 0. The number of benzene rings is 14. The number of hydrogen-bond donors (Lipinski definition) is 0. The van der Waals surface area contributed by atoms with Gasteiger partial charge in [0.05, 0.1) is 22.7 Å². The molecule has 0 heterocycles. The van der Waals surface area contributed by atoms with E-state index in [2.05, 4.69) is 252 Å². The van der Waals surface area contributed by atoms with Gasteiger partial charge < -0.3 is 9.80 Å². The molecule has 0 radical (unpaired) electrons. The average Bonchev–Trinajstić information content (AvgIpc) is 3.38. The van der Waals surface area contributed by atoms with Crippen LogP contribution < -0.4 is 9.80 Å². The first-order valence-corrected chi connectivity index (χ1v) is 22.8. The predicted molar refractivity (Wildman–Crippen MR) is 285 cm³/mol. The molecule has 0 aliphatic carbocycles. The Morgan fingerprint density at radius 2 is 0.500 bits per heavy atom. The number of fused-ring (bicyclic) bond motifs is 6. The minimum atomic E-state index is 1.12. The van der Waals surface area contributed by atoms with E-state index >= 15 is 0 Å². The second-order valence-corrected chi connectivity index (χ2v) is 17.7. The lowest BCUT2D eigenvalue weighted by molar-refractivity contribution is 1.33. The Balaban J connectivity index is 1.09. The van der Waals surface area contributed by atoms with E-state index < -0.39 is 0 Å². The third-order valence-corrected chi connectivity index (χ3v) is 14.0. The molecule has 0 aliphatic rings. The molecule has 0 saturated carbocycles. The van der Waals surface area contributed by atoms with E-state index in [1.165, 1.54) is 108 Å². The normalized spacial score (nSPS) is 11.9. The molecule has 0 fully saturated rings. The highest BCUT2D eigenvalue weighted by molar-refractivity contribution is 6.29. The fourth-order valence-corrected chi connectivity index (χ4v) is 11.0. The molecule has 0 atom stereocenters. The molecule has 0 unspecified atom stereocenters. The first-order valence-electron chi connectivity index (χ1n) is 22.8. The maximum atomic E-state index is 2.54. The lowest BCUT2D eigenvalue weighted by Crippen LogP contribution is -2.13. The Hall–Kier alpha value is -8.72. The van der Waals surface area contributed by atoms with E-state index in [0.717, 1.165) is 22.7 Å². The largest absolute Gasteiger partial charge is 0.309 e. The van der Waals surface area contributed by atoms with Crippen molar-refractivity contribution in [2.75, 3.05) is 9.80 Å². The second kappa shape index (κ2) is 14.4. The van der Waals surface area contributed by atoms with Crippen molar-refractivity contribution < 1.29 is 0 Å². The Labute approximate surface area is 381 Å². The van der Waals surface area contributed by atoms with Crippen LogP contribution in [0.4, 0.5) is 34.1 Å². The Kier molecular flexibility index (Phi) is 8.02.